The van der Waals surface area contributed by atoms with Gasteiger partial charge in [0.15, 0.2) is 0 Å². The van der Waals surface area contributed by atoms with Crippen LogP contribution in [0.3, 0.4) is 0 Å². The number of thioether (sulfide) groups is 1. The van der Waals surface area contributed by atoms with Crippen LogP contribution in [0.5, 0.6) is 0 Å². The van der Waals surface area contributed by atoms with E-state index in [-0.39, 0.29) is 4.75 Å². The first-order chi connectivity index (χ1) is 9.21. The molecule has 0 atom stereocenters. The third kappa shape index (κ3) is 4.11. The van der Waals surface area contributed by atoms with E-state index in [2.05, 4.69) is 40.9 Å². The molecule has 1 fully saturated rings. The first kappa shape index (κ1) is 14.7. The predicted octanol–water partition coefficient (Wildman–Crippen LogP) is 2.66. The molecule has 0 aromatic carbocycles. The molecule has 1 aliphatic rings. The Hall–Kier alpha value is -0.750. The molecule has 2 N–H and O–H groups in total. The molecule has 0 radical (unpaired) electrons. The summed E-state index contributed by atoms with van der Waals surface area (Å²) in [5, 5.41) is 14.7. The Morgan fingerprint density at radius 3 is 2.63 bits per heavy atom. The molecule has 0 unspecified atom stereocenters. The zero-order valence-corrected chi connectivity index (χ0v) is 12.8. The maximum atomic E-state index is 5.59. The highest BCUT2D eigenvalue weighted by Crippen LogP contribution is 2.30. The van der Waals surface area contributed by atoms with Gasteiger partial charge in [-0.3, -0.25) is 0 Å². The van der Waals surface area contributed by atoms with Gasteiger partial charge in [0.25, 0.3) is 0 Å². The lowest BCUT2D eigenvalue weighted by molar-refractivity contribution is 0.471. The van der Waals surface area contributed by atoms with E-state index in [1.165, 1.54) is 12.8 Å². The summed E-state index contributed by atoms with van der Waals surface area (Å²) in [5.41, 5.74) is 0. The Kier molecular flexibility index (Phi) is 5.10. The summed E-state index contributed by atoms with van der Waals surface area (Å²) in [6.07, 6.45) is 6.95. The smallest absolute Gasteiger partial charge is 0.315 e. The van der Waals surface area contributed by atoms with Crippen LogP contribution in [0.25, 0.3) is 0 Å². The quantitative estimate of drug-likeness (QED) is 0.727. The molecule has 1 saturated carbocycles. The molecular formula is C13H24N4OS. The third-order valence-electron chi connectivity index (χ3n) is 3.87. The van der Waals surface area contributed by atoms with Crippen molar-refractivity contribution in [2.24, 2.45) is 0 Å². The average Bonchev–Trinajstić information content (AvgIpc) is 3.17. The van der Waals surface area contributed by atoms with Crippen molar-refractivity contribution in [3.63, 3.8) is 0 Å². The topological polar surface area (TPSA) is 63.0 Å². The minimum absolute atomic E-state index is 0.251. The van der Waals surface area contributed by atoms with E-state index in [1.807, 2.05) is 11.8 Å². The summed E-state index contributed by atoms with van der Waals surface area (Å²) in [6.45, 7) is 5.98. The van der Waals surface area contributed by atoms with Crippen molar-refractivity contribution in [3.05, 3.63) is 5.89 Å². The highest BCUT2D eigenvalue weighted by Gasteiger charge is 2.25. The number of hydrogen-bond donors (Lipinski definition) is 2. The molecule has 0 saturated heterocycles. The highest BCUT2D eigenvalue weighted by molar-refractivity contribution is 8.00. The lowest BCUT2D eigenvalue weighted by Gasteiger charge is -2.29. The van der Waals surface area contributed by atoms with Crippen LogP contribution in [0.15, 0.2) is 4.42 Å². The SMILES string of the molecule is CCC(CC)(CNc1nnc(CNC2CC2)o1)SC. The standard InChI is InChI=1S/C13H24N4OS/c1-4-13(5-2,19-3)9-15-12-17-16-11(18-12)8-14-10-6-7-10/h10,14H,4-9H2,1-3H3,(H,15,17). The van der Waals surface area contributed by atoms with E-state index < -0.39 is 0 Å². The molecule has 6 heteroatoms. The summed E-state index contributed by atoms with van der Waals surface area (Å²) in [6, 6.07) is 1.19. The molecule has 0 amide bonds. The van der Waals surface area contributed by atoms with Crippen LogP contribution in [-0.4, -0.2) is 33.8 Å². The summed E-state index contributed by atoms with van der Waals surface area (Å²) >= 11 is 1.90. The second-order valence-electron chi connectivity index (χ2n) is 5.10. The lowest BCUT2D eigenvalue weighted by Crippen LogP contribution is -2.32. The normalized spacial score (nSPS) is 15.7. The van der Waals surface area contributed by atoms with E-state index in [1.54, 1.807) is 0 Å². The maximum Gasteiger partial charge on any atom is 0.315 e. The number of aromatic nitrogens is 2. The van der Waals surface area contributed by atoms with Crippen molar-refractivity contribution in [2.45, 2.75) is 56.9 Å². The second kappa shape index (κ2) is 6.61. The molecule has 1 aromatic heterocycles. The van der Waals surface area contributed by atoms with Crippen molar-refractivity contribution in [3.8, 4) is 0 Å². The molecule has 0 aliphatic heterocycles. The van der Waals surface area contributed by atoms with E-state index in [0.29, 0.717) is 24.5 Å². The van der Waals surface area contributed by atoms with Gasteiger partial charge in [0.05, 0.1) is 6.54 Å². The highest BCUT2D eigenvalue weighted by atomic mass is 32.2. The van der Waals surface area contributed by atoms with Gasteiger partial charge in [-0.2, -0.15) is 11.8 Å². The Morgan fingerprint density at radius 1 is 1.32 bits per heavy atom. The Bertz CT molecular complexity index is 379. The zero-order valence-electron chi connectivity index (χ0n) is 12.0. The number of anilines is 1. The van der Waals surface area contributed by atoms with Gasteiger partial charge in [0.2, 0.25) is 5.89 Å². The van der Waals surface area contributed by atoms with Crippen LogP contribution < -0.4 is 10.6 Å². The number of rotatable bonds is 9. The fraction of sp³-hybridized carbons (Fsp3) is 0.846. The van der Waals surface area contributed by atoms with Crippen LogP contribution >= 0.6 is 11.8 Å². The van der Waals surface area contributed by atoms with Crippen LogP contribution in [0.2, 0.25) is 0 Å². The molecule has 2 rings (SSSR count). The molecule has 19 heavy (non-hydrogen) atoms. The van der Waals surface area contributed by atoms with Crippen molar-refractivity contribution < 1.29 is 4.42 Å². The summed E-state index contributed by atoms with van der Waals surface area (Å²) in [7, 11) is 0. The molecule has 1 aliphatic carbocycles. The van der Waals surface area contributed by atoms with Gasteiger partial charge in [-0.15, -0.1) is 5.10 Å². The Balaban J connectivity index is 1.81. The molecular weight excluding hydrogens is 260 g/mol. The second-order valence-corrected chi connectivity index (χ2v) is 6.38. The van der Waals surface area contributed by atoms with Crippen LogP contribution in [0, 0.1) is 0 Å². The summed E-state index contributed by atoms with van der Waals surface area (Å²) in [5.74, 6) is 0.664. The van der Waals surface area contributed by atoms with Crippen LogP contribution in [0.1, 0.15) is 45.4 Å². The number of nitrogens with zero attached hydrogens (tertiary/aromatic N) is 2. The molecule has 108 valence electrons. The first-order valence-corrected chi connectivity index (χ1v) is 8.28. The van der Waals surface area contributed by atoms with Crippen LogP contribution in [0.4, 0.5) is 6.01 Å². The zero-order chi connectivity index (χ0) is 13.7. The Labute approximate surface area is 119 Å². The van der Waals surface area contributed by atoms with Gasteiger partial charge in [-0.1, -0.05) is 18.9 Å². The van der Waals surface area contributed by atoms with Crippen molar-refractivity contribution in [1.82, 2.24) is 15.5 Å². The van der Waals surface area contributed by atoms with Gasteiger partial charge >= 0.3 is 6.01 Å². The summed E-state index contributed by atoms with van der Waals surface area (Å²) < 4.78 is 5.84. The largest absolute Gasteiger partial charge is 0.407 e. The van der Waals surface area contributed by atoms with Gasteiger partial charge in [-0.25, -0.2) is 0 Å². The van der Waals surface area contributed by atoms with E-state index in [4.69, 9.17) is 4.42 Å². The van der Waals surface area contributed by atoms with E-state index in [0.717, 1.165) is 19.4 Å². The summed E-state index contributed by atoms with van der Waals surface area (Å²) in [4.78, 5) is 0. The average molecular weight is 284 g/mol. The first-order valence-electron chi connectivity index (χ1n) is 7.06. The van der Waals surface area contributed by atoms with E-state index >= 15 is 0 Å². The van der Waals surface area contributed by atoms with Crippen molar-refractivity contribution in [2.75, 3.05) is 18.1 Å². The third-order valence-corrected chi connectivity index (χ3v) is 5.46. The maximum absolute atomic E-state index is 5.59. The number of hydrogen-bond acceptors (Lipinski definition) is 6. The monoisotopic (exact) mass is 284 g/mol. The fourth-order valence-corrected chi connectivity index (χ4v) is 2.81. The van der Waals surface area contributed by atoms with Gasteiger partial charge in [0.1, 0.15) is 0 Å². The molecule has 0 bridgehead atoms. The van der Waals surface area contributed by atoms with Gasteiger partial charge < -0.3 is 15.1 Å². The van der Waals surface area contributed by atoms with Gasteiger partial charge in [0, 0.05) is 17.3 Å². The van der Waals surface area contributed by atoms with Crippen molar-refractivity contribution >= 4 is 17.8 Å². The number of nitrogens with one attached hydrogen (secondary N) is 2. The van der Waals surface area contributed by atoms with Crippen molar-refractivity contribution in [1.29, 1.82) is 0 Å². The lowest BCUT2D eigenvalue weighted by atomic mass is 10.0. The minimum Gasteiger partial charge on any atom is -0.407 e. The van der Waals surface area contributed by atoms with Crippen LogP contribution in [-0.2, 0) is 6.54 Å². The fourth-order valence-electron chi connectivity index (χ4n) is 2.01. The van der Waals surface area contributed by atoms with Gasteiger partial charge in [-0.05, 0) is 31.9 Å². The molecule has 1 aromatic rings. The van der Waals surface area contributed by atoms with E-state index in [9.17, 15) is 0 Å². The predicted molar refractivity (Wildman–Crippen MR) is 79.5 cm³/mol. The molecule has 5 nitrogen and oxygen atoms in total. The molecule has 1 heterocycles. The Morgan fingerprint density at radius 2 is 2.05 bits per heavy atom. The minimum atomic E-state index is 0.251. The molecule has 0 spiro atoms.